The van der Waals surface area contributed by atoms with Gasteiger partial charge in [0.25, 0.3) is 0 Å². The Morgan fingerprint density at radius 3 is 2.55 bits per heavy atom. The Morgan fingerprint density at radius 2 is 2.00 bits per heavy atom. The van der Waals surface area contributed by atoms with Crippen molar-refractivity contribution in [1.82, 2.24) is 9.55 Å². The average Bonchev–Trinajstić information content (AvgIpc) is 2.63. The number of nitrogens with two attached hydrogens (primary N) is 1. The van der Waals surface area contributed by atoms with Crippen LogP contribution in [0.25, 0.3) is 11.0 Å². The Balaban J connectivity index is 2.80. The number of benzene rings is 1. The van der Waals surface area contributed by atoms with Gasteiger partial charge in [0.15, 0.2) is 9.84 Å². The molecule has 0 amide bonds. The molecule has 0 aliphatic rings. The summed E-state index contributed by atoms with van der Waals surface area (Å²) in [5.41, 5.74) is 7.06. The van der Waals surface area contributed by atoms with Gasteiger partial charge in [-0.05, 0) is 32.4 Å². The lowest BCUT2D eigenvalue weighted by Gasteiger charge is -2.28. The highest BCUT2D eigenvalue weighted by Crippen LogP contribution is 2.32. The zero-order chi connectivity index (χ0) is 15.1. The van der Waals surface area contributed by atoms with Crippen molar-refractivity contribution in [3.05, 3.63) is 18.2 Å². The molecule has 0 aliphatic carbocycles. The molecule has 20 heavy (non-hydrogen) atoms. The quantitative estimate of drug-likeness (QED) is 0.940. The molecule has 2 N–H and O–H groups in total. The summed E-state index contributed by atoms with van der Waals surface area (Å²) in [6, 6.07) is 5.17. The maximum atomic E-state index is 11.9. The summed E-state index contributed by atoms with van der Waals surface area (Å²) < 4.78 is 25.6. The van der Waals surface area contributed by atoms with E-state index < -0.39 is 9.84 Å². The number of imidazole rings is 1. The summed E-state index contributed by atoms with van der Waals surface area (Å²) in [5.74, 6) is 0.356. The minimum atomic E-state index is -3.32. The van der Waals surface area contributed by atoms with Gasteiger partial charge in [0.2, 0.25) is 5.95 Å². The van der Waals surface area contributed by atoms with Crippen molar-refractivity contribution >= 4 is 26.8 Å². The monoisotopic (exact) mass is 295 g/mol. The first-order chi connectivity index (χ1) is 9.18. The number of anilines is 1. The molecule has 0 radical (unpaired) electrons. The van der Waals surface area contributed by atoms with E-state index in [-0.39, 0.29) is 10.4 Å². The van der Waals surface area contributed by atoms with E-state index in [1.807, 2.05) is 10.6 Å². The first-order valence-electron chi connectivity index (χ1n) is 6.66. The standard InChI is InChI=1S/C14H21N3O2S/c1-5-9-14(2,3)17-10-7-6-8-11(20(4,18)19)12(10)16-13(17)15/h6-8H,5,9H2,1-4H3,(H2,15,16). The van der Waals surface area contributed by atoms with Crippen LogP contribution < -0.4 is 5.73 Å². The maximum Gasteiger partial charge on any atom is 0.201 e. The van der Waals surface area contributed by atoms with Gasteiger partial charge in [0, 0.05) is 11.8 Å². The van der Waals surface area contributed by atoms with Crippen LogP contribution in [-0.2, 0) is 15.4 Å². The normalized spacial score (nSPS) is 13.0. The number of aromatic nitrogens is 2. The van der Waals surface area contributed by atoms with Crippen LogP contribution in [0, 0.1) is 0 Å². The van der Waals surface area contributed by atoms with Crippen LogP contribution >= 0.6 is 0 Å². The zero-order valence-corrected chi connectivity index (χ0v) is 13.2. The molecule has 0 bridgehead atoms. The van der Waals surface area contributed by atoms with Gasteiger partial charge >= 0.3 is 0 Å². The largest absolute Gasteiger partial charge is 0.369 e. The lowest BCUT2D eigenvalue weighted by Crippen LogP contribution is -2.27. The van der Waals surface area contributed by atoms with Crippen molar-refractivity contribution in [3.8, 4) is 0 Å². The van der Waals surface area contributed by atoms with Gasteiger partial charge < -0.3 is 10.3 Å². The van der Waals surface area contributed by atoms with E-state index in [2.05, 4.69) is 25.8 Å². The molecule has 5 nitrogen and oxygen atoms in total. The summed E-state index contributed by atoms with van der Waals surface area (Å²) in [7, 11) is -3.32. The third kappa shape index (κ3) is 2.40. The fourth-order valence-electron chi connectivity index (χ4n) is 2.75. The van der Waals surface area contributed by atoms with Crippen molar-refractivity contribution in [2.24, 2.45) is 0 Å². The molecule has 1 aromatic carbocycles. The molecule has 1 aromatic heterocycles. The molecule has 6 heteroatoms. The SMILES string of the molecule is CCCC(C)(C)n1c(N)nc2c(S(C)(=O)=O)cccc21. The van der Waals surface area contributed by atoms with Crippen molar-refractivity contribution < 1.29 is 8.42 Å². The van der Waals surface area contributed by atoms with E-state index in [9.17, 15) is 8.42 Å². The average molecular weight is 295 g/mol. The minimum absolute atomic E-state index is 0.205. The number of rotatable bonds is 4. The second-order valence-electron chi connectivity index (χ2n) is 5.76. The fraction of sp³-hybridized carbons (Fsp3) is 0.500. The van der Waals surface area contributed by atoms with Crippen LogP contribution in [0.15, 0.2) is 23.1 Å². The van der Waals surface area contributed by atoms with Gasteiger partial charge in [0.1, 0.15) is 5.52 Å². The molecule has 0 atom stereocenters. The lowest BCUT2D eigenvalue weighted by atomic mass is 9.98. The molecular weight excluding hydrogens is 274 g/mol. The molecular formula is C14H21N3O2S. The molecule has 0 saturated heterocycles. The molecule has 110 valence electrons. The topological polar surface area (TPSA) is 78.0 Å². The van der Waals surface area contributed by atoms with E-state index in [0.29, 0.717) is 11.5 Å². The highest BCUT2D eigenvalue weighted by Gasteiger charge is 2.26. The number of nitrogen functional groups attached to an aromatic ring is 1. The Bertz CT molecular complexity index is 745. The predicted octanol–water partition coefficient (Wildman–Crippen LogP) is 2.56. The van der Waals surface area contributed by atoms with Gasteiger partial charge in [-0.2, -0.15) is 0 Å². The van der Waals surface area contributed by atoms with E-state index in [1.165, 1.54) is 6.26 Å². The highest BCUT2D eigenvalue weighted by molar-refractivity contribution is 7.91. The summed E-state index contributed by atoms with van der Waals surface area (Å²) >= 11 is 0. The molecule has 0 unspecified atom stereocenters. The summed E-state index contributed by atoms with van der Waals surface area (Å²) in [6.45, 7) is 6.28. The summed E-state index contributed by atoms with van der Waals surface area (Å²) in [6.07, 6.45) is 3.14. The number of nitrogens with zero attached hydrogens (tertiary/aromatic N) is 2. The van der Waals surface area contributed by atoms with E-state index >= 15 is 0 Å². The molecule has 0 saturated carbocycles. The summed E-state index contributed by atoms with van der Waals surface area (Å²) in [4.78, 5) is 4.52. The molecule has 1 heterocycles. The number of para-hydroxylation sites is 1. The predicted molar refractivity (Wildman–Crippen MR) is 81.5 cm³/mol. The maximum absolute atomic E-state index is 11.9. The fourth-order valence-corrected chi connectivity index (χ4v) is 3.58. The van der Waals surface area contributed by atoms with E-state index in [0.717, 1.165) is 18.4 Å². The van der Waals surface area contributed by atoms with Gasteiger partial charge in [-0.3, -0.25) is 0 Å². The molecule has 0 fully saturated rings. The van der Waals surface area contributed by atoms with Crippen LogP contribution in [0.2, 0.25) is 0 Å². The molecule has 0 spiro atoms. The third-order valence-corrected chi connectivity index (χ3v) is 4.67. The zero-order valence-electron chi connectivity index (χ0n) is 12.3. The van der Waals surface area contributed by atoms with E-state index in [4.69, 9.17) is 5.73 Å². The molecule has 2 aromatic rings. The Morgan fingerprint density at radius 1 is 1.35 bits per heavy atom. The number of fused-ring (bicyclic) bond motifs is 1. The number of sulfone groups is 1. The van der Waals surface area contributed by atoms with Crippen LogP contribution in [0.5, 0.6) is 0 Å². The van der Waals surface area contributed by atoms with Crippen LogP contribution in [-0.4, -0.2) is 24.2 Å². The van der Waals surface area contributed by atoms with Crippen LogP contribution in [0.1, 0.15) is 33.6 Å². The van der Waals surface area contributed by atoms with Gasteiger partial charge in [-0.1, -0.05) is 19.4 Å². The number of hydrogen-bond donors (Lipinski definition) is 1. The van der Waals surface area contributed by atoms with E-state index in [1.54, 1.807) is 12.1 Å². The lowest BCUT2D eigenvalue weighted by molar-refractivity contribution is 0.338. The highest BCUT2D eigenvalue weighted by atomic mass is 32.2. The van der Waals surface area contributed by atoms with Crippen LogP contribution in [0.3, 0.4) is 0 Å². The van der Waals surface area contributed by atoms with Crippen LogP contribution in [0.4, 0.5) is 5.95 Å². The smallest absolute Gasteiger partial charge is 0.201 e. The third-order valence-electron chi connectivity index (χ3n) is 3.54. The van der Waals surface area contributed by atoms with Crippen molar-refractivity contribution in [2.75, 3.05) is 12.0 Å². The molecule has 2 rings (SSSR count). The first-order valence-corrected chi connectivity index (χ1v) is 8.55. The Kier molecular flexibility index (Phi) is 3.54. The van der Waals surface area contributed by atoms with Crippen molar-refractivity contribution in [2.45, 2.75) is 44.0 Å². The summed E-state index contributed by atoms with van der Waals surface area (Å²) in [5, 5.41) is 0. The van der Waals surface area contributed by atoms with Gasteiger partial charge in [0.05, 0.1) is 10.4 Å². The van der Waals surface area contributed by atoms with Crippen molar-refractivity contribution in [3.63, 3.8) is 0 Å². The Labute approximate surface area is 119 Å². The van der Waals surface area contributed by atoms with Gasteiger partial charge in [-0.25, -0.2) is 13.4 Å². The van der Waals surface area contributed by atoms with Gasteiger partial charge in [-0.15, -0.1) is 0 Å². The van der Waals surface area contributed by atoms with Crippen molar-refractivity contribution in [1.29, 1.82) is 0 Å². The minimum Gasteiger partial charge on any atom is -0.369 e. The second-order valence-corrected chi connectivity index (χ2v) is 7.75. The first kappa shape index (κ1) is 14.8. The molecule has 0 aliphatic heterocycles. The number of hydrogen-bond acceptors (Lipinski definition) is 4. The second kappa shape index (κ2) is 4.77. The Hall–Kier alpha value is -1.56.